The number of aromatic hydroxyl groups is 1. The fourth-order valence-corrected chi connectivity index (χ4v) is 3.37. The predicted octanol–water partition coefficient (Wildman–Crippen LogP) is -1.47. The zero-order valence-corrected chi connectivity index (χ0v) is 19.8. The Morgan fingerprint density at radius 3 is 2.33 bits per heavy atom. The van der Waals surface area contributed by atoms with Crippen LogP contribution in [0.1, 0.15) is 30.5 Å². The van der Waals surface area contributed by atoms with Gasteiger partial charge in [0.2, 0.25) is 17.7 Å². The lowest BCUT2D eigenvalue weighted by atomic mass is 10.0. The molecule has 0 aliphatic rings. The Bertz CT molecular complexity index is 997. The highest BCUT2D eigenvalue weighted by atomic mass is 16.4. The van der Waals surface area contributed by atoms with Crippen molar-refractivity contribution in [3.05, 3.63) is 48.0 Å². The molecule has 0 aliphatic heterocycles. The van der Waals surface area contributed by atoms with Gasteiger partial charge < -0.3 is 42.6 Å². The standard InChI is InChI=1S/C23H33N7O6/c24-8-2-1-3-18(23(35)36)29-20(32)12-27-22(34)19(9-14-4-6-16(31)7-5-14)30-21(33)17(25)10-15-11-26-13-28-15/h4-7,11,13,17-19,31H,1-3,8-10,12,24-25H2,(H,26,28)(H,27,34)(H,29,32)(H,30,33)(H,35,36). The molecule has 0 spiro atoms. The van der Waals surface area contributed by atoms with Crippen molar-refractivity contribution >= 4 is 23.7 Å². The number of aromatic nitrogens is 2. The molecule has 0 saturated heterocycles. The van der Waals surface area contributed by atoms with E-state index in [2.05, 4.69) is 25.9 Å². The van der Waals surface area contributed by atoms with Crippen molar-refractivity contribution in [3.63, 3.8) is 0 Å². The number of carboxylic acids is 1. The molecular formula is C23H33N7O6. The van der Waals surface area contributed by atoms with E-state index in [1.54, 1.807) is 12.1 Å². The van der Waals surface area contributed by atoms with Crippen LogP contribution in [0.4, 0.5) is 0 Å². The first-order chi connectivity index (χ1) is 17.2. The highest BCUT2D eigenvalue weighted by Crippen LogP contribution is 2.12. The first kappa shape index (κ1) is 28.3. The van der Waals surface area contributed by atoms with E-state index >= 15 is 0 Å². The molecule has 10 N–H and O–H groups in total. The van der Waals surface area contributed by atoms with E-state index in [9.17, 15) is 29.4 Å². The van der Waals surface area contributed by atoms with Gasteiger partial charge in [-0.1, -0.05) is 12.1 Å². The van der Waals surface area contributed by atoms with Crippen molar-refractivity contribution < 1.29 is 29.4 Å². The van der Waals surface area contributed by atoms with Crippen LogP contribution in [0.15, 0.2) is 36.8 Å². The molecule has 0 bridgehead atoms. The number of carboxylic acid groups (broad SMARTS) is 1. The van der Waals surface area contributed by atoms with Crippen LogP contribution in [-0.4, -0.2) is 75.1 Å². The zero-order chi connectivity index (χ0) is 26.5. The number of aliphatic carboxylic acids is 1. The van der Waals surface area contributed by atoms with E-state index in [1.165, 1.54) is 24.7 Å². The van der Waals surface area contributed by atoms with E-state index in [-0.39, 0.29) is 25.0 Å². The van der Waals surface area contributed by atoms with Crippen molar-refractivity contribution in [2.24, 2.45) is 11.5 Å². The third kappa shape index (κ3) is 9.72. The van der Waals surface area contributed by atoms with Gasteiger partial charge in [-0.2, -0.15) is 0 Å². The number of phenols is 1. The van der Waals surface area contributed by atoms with Gasteiger partial charge in [-0.15, -0.1) is 0 Å². The van der Waals surface area contributed by atoms with Gasteiger partial charge in [-0.05, 0) is 43.5 Å². The van der Waals surface area contributed by atoms with Crippen LogP contribution in [0.5, 0.6) is 5.75 Å². The number of carbonyl (C=O) groups is 4. The van der Waals surface area contributed by atoms with E-state index in [0.717, 1.165) is 0 Å². The minimum absolute atomic E-state index is 0.0430. The van der Waals surface area contributed by atoms with E-state index in [1.807, 2.05) is 0 Å². The molecule has 0 saturated carbocycles. The Morgan fingerprint density at radius 2 is 1.72 bits per heavy atom. The molecule has 1 aromatic carbocycles. The third-order valence-corrected chi connectivity index (χ3v) is 5.34. The number of H-pyrrole nitrogens is 1. The molecule has 3 unspecified atom stereocenters. The summed E-state index contributed by atoms with van der Waals surface area (Å²) in [5, 5.41) is 26.2. The zero-order valence-electron chi connectivity index (χ0n) is 19.8. The van der Waals surface area contributed by atoms with Gasteiger partial charge in [0.15, 0.2) is 0 Å². The monoisotopic (exact) mass is 503 g/mol. The average Bonchev–Trinajstić information content (AvgIpc) is 3.35. The summed E-state index contributed by atoms with van der Waals surface area (Å²) in [4.78, 5) is 55.9. The number of aromatic amines is 1. The maximum absolute atomic E-state index is 12.9. The average molecular weight is 504 g/mol. The van der Waals surface area contributed by atoms with Crippen LogP contribution in [0.2, 0.25) is 0 Å². The quantitative estimate of drug-likeness (QED) is 0.132. The summed E-state index contributed by atoms with van der Waals surface area (Å²) in [5.74, 6) is -3.07. The topological polar surface area (TPSA) is 226 Å². The molecule has 3 atom stereocenters. The van der Waals surface area contributed by atoms with Crippen LogP contribution in [0, 0.1) is 0 Å². The summed E-state index contributed by atoms with van der Waals surface area (Å²) in [5.41, 5.74) is 12.7. The molecule has 3 amide bonds. The van der Waals surface area contributed by atoms with Crippen LogP contribution >= 0.6 is 0 Å². The second-order valence-electron chi connectivity index (χ2n) is 8.28. The number of nitrogens with two attached hydrogens (primary N) is 2. The van der Waals surface area contributed by atoms with Gasteiger partial charge in [0.05, 0.1) is 18.9 Å². The second kappa shape index (κ2) is 14.4. The minimum atomic E-state index is -1.18. The smallest absolute Gasteiger partial charge is 0.326 e. The fraction of sp³-hybridized carbons (Fsp3) is 0.435. The second-order valence-corrected chi connectivity index (χ2v) is 8.28. The number of imidazole rings is 1. The highest BCUT2D eigenvalue weighted by molar-refractivity contribution is 5.92. The minimum Gasteiger partial charge on any atom is -0.508 e. The number of nitrogens with one attached hydrogen (secondary N) is 4. The van der Waals surface area contributed by atoms with E-state index < -0.39 is 48.4 Å². The number of nitrogens with zero attached hydrogens (tertiary/aromatic N) is 1. The van der Waals surface area contributed by atoms with Crippen molar-refractivity contribution in [2.75, 3.05) is 13.1 Å². The predicted molar refractivity (Wildman–Crippen MR) is 129 cm³/mol. The van der Waals surface area contributed by atoms with Gasteiger partial charge in [0, 0.05) is 24.7 Å². The van der Waals surface area contributed by atoms with Gasteiger partial charge in [0.25, 0.3) is 0 Å². The summed E-state index contributed by atoms with van der Waals surface area (Å²) in [6.45, 7) is -0.0717. The Morgan fingerprint density at radius 1 is 1.00 bits per heavy atom. The molecule has 0 aliphatic carbocycles. The molecular weight excluding hydrogens is 470 g/mol. The van der Waals surface area contributed by atoms with Crippen molar-refractivity contribution in [2.45, 2.75) is 50.2 Å². The number of rotatable bonds is 15. The first-order valence-electron chi connectivity index (χ1n) is 11.5. The summed E-state index contributed by atoms with van der Waals surface area (Å²) < 4.78 is 0. The molecule has 13 heteroatoms. The van der Waals surface area contributed by atoms with Crippen LogP contribution < -0.4 is 27.4 Å². The van der Waals surface area contributed by atoms with Crippen LogP contribution in [0.25, 0.3) is 0 Å². The first-order valence-corrected chi connectivity index (χ1v) is 11.5. The largest absolute Gasteiger partial charge is 0.508 e. The number of hydrogen-bond acceptors (Lipinski definition) is 8. The number of phenolic OH excluding ortho intramolecular Hbond substituents is 1. The van der Waals surface area contributed by atoms with E-state index in [0.29, 0.717) is 30.6 Å². The molecule has 36 heavy (non-hydrogen) atoms. The molecule has 196 valence electrons. The maximum Gasteiger partial charge on any atom is 0.326 e. The number of carbonyl (C=O) groups excluding carboxylic acids is 3. The Labute approximate surface area is 208 Å². The molecule has 0 radical (unpaired) electrons. The number of hydrogen-bond donors (Lipinski definition) is 8. The third-order valence-electron chi connectivity index (χ3n) is 5.34. The van der Waals surface area contributed by atoms with Crippen LogP contribution in [0.3, 0.4) is 0 Å². The lowest BCUT2D eigenvalue weighted by Gasteiger charge is -2.21. The molecule has 1 heterocycles. The SMILES string of the molecule is NCCCCC(NC(=O)CNC(=O)C(Cc1ccc(O)cc1)NC(=O)C(N)Cc1cnc[nH]1)C(=O)O. The number of benzene rings is 1. The lowest BCUT2D eigenvalue weighted by Crippen LogP contribution is -2.54. The maximum atomic E-state index is 12.9. The summed E-state index contributed by atoms with van der Waals surface area (Å²) in [6.07, 6.45) is 4.58. The van der Waals surface area contributed by atoms with Gasteiger partial charge in [-0.3, -0.25) is 14.4 Å². The molecule has 13 nitrogen and oxygen atoms in total. The van der Waals surface area contributed by atoms with Gasteiger partial charge >= 0.3 is 5.97 Å². The van der Waals surface area contributed by atoms with Gasteiger partial charge in [0.1, 0.15) is 17.8 Å². The number of amides is 3. The van der Waals surface area contributed by atoms with Crippen LogP contribution in [-0.2, 0) is 32.0 Å². The summed E-state index contributed by atoms with van der Waals surface area (Å²) in [7, 11) is 0. The van der Waals surface area contributed by atoms with Crippen molar-refractivity contribution in [1.29, 1.82) is 0 Å². The summed E-state index contributed by atoms with van der Waals surface area (Å²) in [6, 6.07) is 2.93. The molecule has 0 fully saturated rings. The van der Waals surface area contributed by atoms with E-state index in [4.69, 9.17) is 11.5 Å². The Kier molecular flexibility index (Phi) is 11.3. The fourth-order valence-electron chi connectivity index (χ4n) is 3.37. The lowest BCUT2D eigenvalue weighted by molar-refractivity contribution is -0.142. The Balaban J connectivity index is 2.00. The normalized spacial score (nSPS) is 13.3. The number of unbranched alkanes of at least 4 members (excludes halogenated alkanes) is 1. The van der Waals surface area contributed by atoms with Crippen molar-refractivity contribution in [1.82, 2.24) is 25.9 Å². The summed E-state index contributed by atoms with van der Waals surface area (Å²) >= 11 is 0. The molecule has 1 aromatic heterocycles. The molecule has 2 aromatic rings. The van der Waals surface area contributed by atoms with Gasteiger partial charge in [-0.25, -0.2) is 9.78 Å². The Hall–Kier alpha value is -3.97. The van der Waals surface area contributed by atoms with Crippen molar-refractivity contribution in [3.8, 4) is 5.75 Å². The highest BCUT2D eigenvalue weighted by Gasteiger charge is 2.26. The molecule has 2 rings (SSSR count).